The molecule has 3 heterocycles. The van der Waals surface area contributed by atoms with Crippen LogP contribution in [-0.2, 0) is 16.9 Å². The van der Waals surface area contributed by atoms with E-state index in [-0.39, 0.29) is 42.3 Å². The van der Waals surface area contributed by atoms with Gasteiger partial charge in [0.15, 0.2) is 0 Å². The van der Waals surface area contributed by atoms with Gasteiger partial charge in [0, 0.05) is 37.3 Å². The average Bonchev–Trinajstić information content (AvgIpc) is 3.25. The first kappa shape index (κ1) is 26.3. The van der Waals surface area contributed by atoms with Gasteiger partial charge < -0.3 is 34.6 Å². The topological polar surface area (TPSA) is 103 Å². The monoisotopic (exact) mass is 530 g/mol. The van der Waals surface area contributed by atoms with E-state index in [0.29, 0.717) is 25.3 Å². The maximum atomic E-state index is 13.3. The van der Waals surface area contributed by atoms with Gasteiger partial charge in [-0.15, -0.1) is 0 Å². The van der Waals surface area contributed by atoms with Crippen molar-refractivity contribution in [2.24, 2.45) is 0 Å². The summed E-state index contributed by atoms with van der Waals surface area (Å²) in [5.41, 5.74) is 2.41. The Balaban J connectivity index is 1.17. The summed E-state index contributed by atoms with van der Waals surface area (Å²) in [5.74, 6) is -0.0147. The largest absolute Gasteiger partial charge is 0.508 e. The van der Waals surface area contributed by atoms with Crippen molar-refractivity contribution < 1.29 is 29.6 Å². The molecule has 9 heteroatoms. The number of aromatic hydroxyl groups is 1. The molecule has 1 amide bonds. The third-order valence-corrected chi connectivity index (χ3v) is 8.16. The van der Waals surface area contributed by atoms with Crippen molar-refractivity contribution in [2.75, 3.05) is 39.4 Å². The Morgan fingerprint density at radius 3 is 2.76 bits per heavy atom. The lowest BCUT2D eigenvalue weighted by molar-refractivity contribution is -0.0835. The molecular formula is C28H35ClN2O6. The van der Waals surface area contributed by atoms with Gasteiger partial charge in [0.25, 0.3) is 5.91 Å². The molecule has 0 saturated carbocycles. The van der Waals surface area contributed by atoms with Gasteiger partial charge in [-0.2, -0.15) is 0 Å². The van der Waals surface area contributed by atoms with E-state index in [2.05, 4.69) is 11.0 Å². The Morgan fingerprint density at radius 2 is 1.97 bits per heavy atom. The van der Waals surface area contributed by atoms with Crippen molar-refractivity contribution in [1.82, 2.24) is 9.80 Å². The number of aliphatic hydroxyl groups excluding tert-OH is 2. The van der Waals surface area contributed by atoms with Crippen LogP contribution < -0.4 is 4.74 Å². The van der Waals surface area contributed by atoms with Gasteiger partial charge in [-0.3, -0.25) is 4.79 Å². The maximum absolute atomic E-state index is 13.3. The van der Waals surface area contributed by atoms with Crippen molar-refractivity contribution in [3.63, 3.8) is 0 Å². The van der Waals surface area contributed by atoms with Crippen LogP contribution >= 0.6 is 11.6 Å². The number of nitrogens with zero attached hydrogens (tertiary/aromatic N) is 2. The molecule has 2 atom stereocenters. The van der Waals surface area contributed by atoms with Gasteiger partial charge in [-0.05, 0) is 67.5 Å². The lowest BCUT2D eigenvalue weighted by atomic mass is 9.84. The molecule has 8 nitrogen and oxygen atoms in total. The van der Waals surface area contributed by atoms with Crippen LogP contribution in [0.3, 0.4) is 0 Å². The van der Waals surface area contributed by atoms with Crippen molar-refractivity contribution in [2.45, 2.75) is 56.5 Å². The third kappa shape index (κ3) is 5.59. The molecular weight excluding hydrogens is 496 g/mol. The van der Waals surface area contributed by atoms with Crippen molar-refractivity contribution >= 4 is 17.5 Å². The highest BCUT2D eigenvalue weighted by atomic mass is 35.5. The first-order chi connectivity index (χ1) is 17.9. The fraction of sp³-hybridized carbons (Fsp3) is 0.536. The molecule has 0 aliphatic carbocycles. The second-order valence-corrected chi connectivity index (χ2v) is 10.8. The van der Waals surface area contributed by atoms with E-state index in [1.807, 2.05) is 12.1 Å². The van der Waals surface area contributed by atoms with E-state index in [1.165, 1.54) is 17.7 Å². The van der Waals surface area contributed by atoms with E-state index in [0.717, 1.165) is 55.8 Å². The molecule has 0 bridgehead atoms. The number of fused-ring (bicyclic) bond motifs is 2. The fourth-order valence-electron chi connectivity index (χ4n) is 5.89. The number of amides is 1. The summed E-state index contributed by atoms with van der Waals surface area (Å²) in [5, 5.41) is 31.2. The van der Waals surface area contributed by atoms with Gasteiger partial charge in [-0.1, -0.05) is 17.7 Å². The quantitative estimate of drug-likeness (QED) is 0.505. The molecule has 1 unspecified atom stereocenters. The smallest absolute Gasteiger partial charge is 0.257 e. The lowest BCUT2D eigenvalue weighted by Gasteiger charge is -2.39. The number of likely N-dealkylation sites (tertiary alicyclic amines) is 2. The van der Waals surface area contributed by atoms with Gasteiger partial charge in [-0.25, -0.2) is 0 Å². The van der Waals surface area contributed by atoms with E-state index >= 15 is 0 Å². The van der Waals surface area contributed by atoms with E-state index in [1.54, 1.807) is 11.0 Å². The number of aliphatic hydroxyl groups is 2. The minimum atomic E-state index is -0.768. The van der Waals surface area contributed by atoms with Crippen molar-refractivity contribution in [1.29, 1.82) is 0 Å². The molecule has 1 spiro atoms. The number of β-amino-alcohol motifs (C(OH)–C–C–N with tert-alkyl or cyclic N) is 1. The van der Waals surface area contributed by atoms with Crippen LogP contribution in [0.2, 0.25) is 5.02 Å². The maximum Gasteiger partial charge on any atom is 0.257 e. The van der Waals surface area contributed by atoms with Crippen LogP contribution in [0, 0.1) is 0 Å². The number of ether oxygens (including phenoxy) is 2. The van der Waals surface area contributed by atoms with Crippen LogP contribution in [0.4, 0.5) is 0 Å². The second-order valence-electron chi connectivity index (χ2n) is 10.4. The number of carbonyl (C=O) groups is 1. The molecule has 0 radical (unpaired) electrons. The van der Waals surface area contributed by atoms with Crippen LogP contribution in [0.1, 0.15) is 53.6 Å². The summed E-state index contributed by atoms with van der Waals surface area (Å²) >= 11 is 6.14. The molecule has 3 aliphatic heterocycles. The molecule has 0 aromatic heterocycles. The highest BCUT2D eigenvalue weighted by molar-refractivity contribution is 6.30. The first-order valence-electron chi connectivity index (χ1n) is 13.1. The minimum absolute atomic E-state index is 0.00730. The average molecular weight is 531 g/mol. The highest BCUT2D eigenvalue weighted by Gasteiger charge is 2.42. The number of benzene rings is 2. The molecule has 3 N–H and O–H groups in total. The zero-order valence-electron chi connectivity index (χ0n) is 20.9. The fourth-order valence-corrected chi connectivity index (χ4v) is 6.08. The van der Waals surface area contributed by atoms with E-state index < -0.39 is 6.10 Å². The Hall–Kier alpha value is -2.36. The molecule has 37 heavy (non-hydrogen) atoms. The van der Waals surface area contributed by atoms with Crippen LogP contribution in [0.25, 0.3) is 0 Å². The third-order valence-electron chi connectivity index (χ3n) is 7.92. The van der Waals surface area contributed by atoms with Crippen LogP contribution in [-0.4, -0.2) is 82.6 Å². The number of hydrogen-bond acceptors (Lipinski definition) is 7. The Kier molecular flexibility index (Phi) is 7.93. The van der Waals surface area contributed by atoms with Gasteiger partial charge in [0.1, 0.15) is 24.2 Å². The SMILES string of the molecule is O=C(c1ccc(O)cc1OC[C@@H](O)CN1CCC2(CC1)OCc1cc(Cl)ccc12)N1CCCCC1CO. The normalized spacial score (nSPS) is 22.1. The van der Waals surface area contributed by atoms with Crippen LogP contribution in [0.15, 0.2) is 36.4 Å². The Morgan fingerprint density at radius 1 is 1.16 bits per heavy atom. The van der Waals surface area contributed by atoms with E-state index in [9.17, 15) is 20.1 Å². The molecule has 3 aliphatic rings. The molecule has 5 rings (SSSR count). The van der Waals surface area contributed by atoms with Crippen LogP contribution in [0.5, 0.6) is 11.5 Å². The zero-order chi connectivity index (χ0) is 26.0. The standard InChI is InChI=1S/C28H35ClN2O6/c29-20-4-7-25-19(13-20)17-37-28(25)8-11-30(12-9-28)15-23(34)18-36-26-14-22(33)5-6-24(26)27(35)31-10-2-1-3-21(31)16-32/h4-7,13-14,21,23,32-34H,1-3,8-12,15-18H2/t21?,23-/m0/s1. The van der Waals surface area contributed by atoms with Gasteiger partial charge in [0.05, 0.1) is 30.4 Å². The second kappa shape index (κ2) is 11.2. The zero-order valence-corrected chi connectivity index (χ0v) is 21.7. The minimum Gasteiger partial charge on any atom is -0.508 e. The summed E-state index contributed by atoms with van der Waals surface area (Å²) in [6.45, 7) is 3.06. The summed E-state index contributed by atoms with van der Waals surface area (Å²) < 4.78 is 12.1. The Bertz CT molecular complexity index is 1120. The molecule has 2 aromatic carbocycles. The number of phenolic OH excluding ortho intramolecular Hbond substituents is 1. The highest BCUT2D eigenvalue weighted by Crippen LogP contribution is 2.44. The van der Waals surface area contributed by atoms with Gasteiger partial charge in [0.2, 0.25) is 0 Å². The lowest BCUT2D eigenvalue weighted by Crippen LogP contribution is -2.46. The molecule has 2 saturated heterocycles. The predicted molar refractivity (Wildman–Crippen MR) is 139 cm³/mol. The predicted octanol–water partition coefficient (Wildman–Crippen LogP) is 3.29. The summed E-state index contributed by atoms with van der Waals surface area (Å²) in [6, 6.07) is 10.2. The summed E-state index contributed by atoms with van der Waals surface area (Å²) in [7, 11) is 0. The number of phenols is 1. The first-order valence-corrected chi connectivity index (χ1v) is 13.5. The van der Waals surface area contributed by atoms with Crippen molar-refractivity contribution in [3.8, 4) is 11.5 Å². The molecule has 200 valence electrons. The summed E-state index contributed by atoms with van der Waals surface area (Å²) in [4.78, 5) is 17.1. The number of halogens is 1. The number of hydrogen-bond donors (Lipinski definition) is 3. The molecule has 2 aromatic rings. The summed E-state index contributed by atoms with van der Waals surface area (Å²) in [6.07, 6.45) is 3.53. The van der Waals surface area contributed by atoms with Gasteiger partial charge >= 0.3 is 0 Å². The molecule has 2 fully saturated rings. The number of carbonyl (C=O) groups excluding carboxylic acids is 1. The number of piperidine rings is 2. The number of rotatable bonds is 7. The van der Waals surface area contributed by atoms with E-state index in [4.69, 9.17) is 21.1 Å². The van der Waals surface area contributed by atoms with Crippen molar-refractivity contribution in [3.05, 3.63) is 58.1 Å². The Labute approximate surface area is 222 Å².